The van der Waals surface area contributed by atoms with E-state index in [2.05, 4.69) is 24.1 Å². The Morgan fingerprint density at radius 1 is 1.43 bits per heavy atom. The topological polar surface area (TPSA) is 44.7 Å². The molecule has 0 aromatic carbocycles. The molecule has 0 aliphatic carbocycles. The molecule has 2 N–H and O–H groups in total. The number of ether oxygens (including phenoxy) is 1. The van der Waals surface area contributed by atoms with Crippen molar-refractivity contribution in [3.63, 3.8) is 0 Å². The van der Waals surface area contributed by atoms with E-state index in [1.54, 1.807) is 0 Å². The molecule has 1 rings (SSSR count). The highest BCUT2D eigenvalue weighted by molar-refractivity contribution is 4.75. The molecule has 1 saturated heterocycles. The fourth-order valence-corrected chi connectivity index (χ4v) is 2.03. The number of nitrogens with one attached hydrogen (secondary N) is 1. The third-order valence-electron chi connectivity index (χ3n) is 2.40. The Bertz CT molecular complexity index is 156. The number of hydrogen-bond donors (Lipinski definition) is 2. The Kier molecular flexibility index (Phi) is 4.81. The van der Waals surface area contributed by atoms with Crippen LogP contribution in [-0.4, -0.2) is 61.5 Å². The molecule has 0 spiro atoms. The number of likely N-dealkylation sites (N-methyl/N-ethyl adjacent to an activating group) is 1. The largest absolute Gasteiger partial charge is 0.390 e. The van der Waals surface area contributed by atoms with Crippen LogP contribution < -0.4 is 5.32 Å². The van der Waals surface area contributed by atoms with Gasteiger partial charge in [0, 0.05) is 26.2 Å². The standard InChI is InChI=1S/C10H22N2O2/c1-8-5-12(6-9(2)14-8)7-10(13)4-11-3/h8-11,13H,4-7H2,1-3H3. The van der Waals surface area contributed by atoms with Crippen molar-refractivity contribution in [3.05, 3.63) is 0 Å². The van der Waals surface area contributed by atoms with Crippen LogP contribution in [-0.2, 0) is 4.74 Å². The second-order valence-electron chi connectivity index (χ2n) is 4.19. The van der Waals surface area contributed by atoms with Gasteiger partial charge in [0.2, 0.25) is 0 Å². The first kappa shape index (κ1) is 11.9. The maximum absolute atomic E-state index is 9.63. The van der Waals surface area contributed by atoms with Gasteiger partial charge >= 0.3 is 0 Å². The SMILES string of the molecule is CNCC(O)CN1CC(C)OC(C)C1. The number of rotatable bonds is 4. The molecule has 84 valence electrons. The number of morpholine rings is 1. The molecule has 1 fully saturated rings. The zero-order valence-corrected chi connectivity index (χ0v) is 9.36. The average Bonchev–Trinajstić information content (AvgIpc) is 2.01. The molecule has 3 atom stereocenters. The van der Waals surface area contributed by atoms with Crippen molar-refractivity contribution in [2.75, 3.05) is 33.2 Å². The molecule has 4 heteroatoms. The Hall–Kier alpha value is -0.160. The molecule has 1 aliphatic rings. The molecule has 0 amide bonds. The smallest absolute Gasteiger partial charge is 0.0791 e. The van der Waals surface area contributed by atoms with Crippen LogP contribution in [0.15, 0.2) is 0 Å². The Balaban J connectivity index is 2.29. The summed E-state index contributed by atoms with van der Waals surface area (Å²) >= 11 is 0. The molecule has 14 heavy (non-hydrogen) atoms. The van der Waals surface area contributed by atoms with E-state index in [0.717, 1.165) is 19.6 Å². The first-order valence-electron chi connectivity index (χ1n) is 5.32. The van der Waals surface area contributed by atoms with E-state index in [-0.39, 0.29) is 18.3 Å². The fraction of sp³-hybridized carbons (Fsp3) is 1.00. The first-order chi connectivity index (χ1) is 6.61. The highest BCUT2D eigenvalue weighted by atomic mass is 16.5. The molecular formula is C10H22N2O2. The van der Waals surface area contributed by atoms with Crippen molar-refractivity contribution in [3.8, 4) is 0 Å². The molecule has 3 unspecified atom stereocenters. The van der Waals surface area contributed by atoms with Crippen LogP contribution in [0.2, 0.25) is 0 Å². The summed E-state index contributed by atoms with van der Waals surface area (Å²) in [5.74, 6) is 0. The monoisotopic (exact) mass is 202 g/mol. The highest BCUT2D eigenvalue weighted by Crippen LogP contribution is 2.10. The third-order valence-corrected chi connectivity index (χ3v) is 2.40. The van der Waals surface area contributed by atoms with E-state index in [1.807, 2.05) is 7.05 Å². The number of aliphatic hydroxyl groups excluding tert-OH is 1. The van der Waals surface area contributed by atoms with Crippen molar-refractivity contribution in [2.24, 2.45) is 0 Å². The lowest BCUT2D eigenvalue weighted by Gasteiger charge is -2.36. The Morgan fingerprint density at radius 3 is 2.50 bits per heavy atom. The lowest BCUT2D eigenvalue weighted by molar-refractivity contribution is -0.0761. The quantitative estimate of drug-likeness (QED) is 0.655. The van der Waals surface area contributed by atoms with Crippen molar-refractivity contribution in [1.29, 1.82) is 0 Å². The summed E-state index contributed by atoms with van der Waals surface area (Å²) in [6.45, 7) is 7.38. The molecular weight excluding hydrogens is 180 g/mol. The summed E-state index contributed by atoms with van der Waals surface area (Å²) in [6, 6.07) is 0. The minimum atomic E-state index is -0.280. The Morgan fingerprint density at radius 2 is 2.00 bits per heavy atom. The molecule has 0 aromatic heterocycles. The lowest BCUT2D eigenvalue weighted by atomic mass is 10.2. The van der Waals surface area contributed by atoms with Gasteiger partial charge < -0.3 is 15.2 Å². The summed E-state index contributed by atoms with van der Waals surface area (Å²) in [7, 11) is 1.85. The van der Waals surface area contributed by atoms with Gasteiger partial charge in [0.15, 0.2) is 0 Å². The summed E-state index contributed by atoms with van der Waals surface area (Å²) < 4.78 is 5.62. The van der Waals surface area contributed by atoms with Gasteiger partial charge in [-0.1, -0.05) is 0 Å². The number of hydrogen-bond acceptors (Lipinski definition) is 4. The van der Waals surface area contributed by atoms with Gasteiger partial charge in [0.05, 0.1) is 18.3 Å². The van der Waals surface area contributed by atoms with Crippen molar-refractivity contribution < 1.29 is 9.84 Å². The minimum Gasteiger partial charge on any atom is -0.390 e. The Labute approximate surface area is 86.2 Å². The molecule has 0 saturated carbocycles. The maximum Gasteiger partial charge on any atom is 0.0791 e. The van der Waals surface area contributed by atoms with E-state index < -0.39 is 0 Å². The van der Waals surface area contributed by atoms with Gasteiger partial charge in [-0.25, -0.2) is 0 Å². The number of β-amino-alcohol motifs (C(OH)–C–C–N with tert-alkyl or cyclic N) is 1. The summed E-state index contributed by atoms with van der Waals surface area (Å²) in [5, 5.41) is 12.6. The highest BCUT2D eigenvalue weighted by Gasteiger charge is 2.23. The van der Waals surface area contributed by atoms with Gasteiger partial charge in [-0.2, -0.15) is 0 Å². The van der Waals surface area contributed by atoms with E-state index in [9.17, 15) is 5.11 Å². The van der Waals surface area contributed by atoms with Crippen molar-refractivity contribution in [1.82, 2.24) is 10.2 Å². The molecule has 0 bridgehead atoms. The normalized spacial score (nSPS) is 31.7. The second-order valence-corrected chi connectivity index (χ2v) is 4.19. The molecule has 1 heterocycles. The average molecular weight is 202 g/mol. The zero-order chi connectivity index (χ0) is 10.6. The van der Waals surface area contributed by atoms with E-state index in [4.69, 9.17) is 4.74 Å². The van der Waals surface area contributed by atoms with Crippen LogP contribution >= 0.6 is 0 Å². The molecule has 4 nitrogen and oxygen atoms in total. The summed E-state index contributed by atoms with van der Waals surface area (Å²) in [6.07, 6.45) is 0.276. The predicted molar refractivity (Wildman–Crippen MR) is 56.4 cm³/mol. The first-order valence-corrected chi connectivity index (χ1v) is 5.32. The third kappa shape index (κ3) is 3.92. The second kappa shape index (κ2) is 5.66. The number of nitrogens with zero attached hydrogens (tertiary/aromatic N) is 1. The van der Waals surface area contributed by atoms with Crippen molar-refractivity contribution >= 4 is 0 Å². The maximum atomic E-state index is 9.63. The molecule has 1 aliphatic heterocycles. The van der Waals surface area contributed by atoms with Crippen LogP contribution in [0.5, 0.6) is 0 Å². The summed E-state index contributed by atoms with van der Waals surface area (Å²) in [4.78, 5) is 2.26. The van der Waals surface area contributed by atoms with E-state index in [0.29, 0.717) is 6.54 Å². The van der Waals surface area contributed by atoms with E-state index in [1.165, 1.54) is 0 Å². The molecule has 0 radical (unpaired) electrons. The van der Waals surface area contributed by atoms with Crippen LogP contribution in [0.1, 0.15) is 13.8 Å². The minimum absolute atomic E-state index is 0.278. The molecule has 0 aromatic rings. The fourth-order valence-electron chi connectivity index (χ4n) is 2.03. The lowest BCUT2D eigenvalue weighted by Crippen LogP contribution is -2.49. The van der Waals surface area contributed by atoms with Crippen LogP contribution in [0.25, 0.3) is 0 Å². The van der Waals surface area contributed by atoms with Gasteiger partial charge in [-0.05, 0) is 20.9 Å². The zero-order valence-electron chi connectivity index (χ0n) is 9.36. The van der Waals surface area contributed by atoms with Crippen LogP contribution in [0.4, 0.5) is 0 Å². The van der Waals surface area contributed by atoms with Crippen LogP contribution in [0.3, 0.4) is 0 Å². The summed E-state index contributed by atoms with van der Waals surface area (Å²) in [5.41, 5.74) is 0. The van der Waals surface area contributed by atoms with Crippen LogP contribution in [0, 0.1) is 0 Å². The van der Waals surface area contributed by atoms with Crippen molar-refractivity contribution in [2.45, 2.75) is 32.2 Å². The van der Waals surface area contributed by atoms with Gasteiger partial charge in [-0.15, -0.1) is 0 Å². The van der Waals surface area contributed by atoms with E-state index >= 15 is 0 Å². The van der Waals surface area contributed by atoms with Gasteiger partial charge in [0.1, 0.15) is 0 Å². The van der Waals surface area contributed by atoms with Gasteiger partial charge in [-0.3, -0.25) is 4.90 Å². The number of aliphatic hydroxyl groups is 1. The predicted octanol–water partition coefficient (Wildman–Crippen LogP) is -0.324. The van der Waals surface area contributed by atoms with Gasteiger partial charge in [0.25, 0.3) is 0 Å².